The molecule has 0 amide bonds. The van der Waals surface area contributed by atoms with E-state index in [4.69, 9.17) is 24.7 Å². The number of carbonyl (C=O) groups excluding carboxylic acids is 2. The van der Waals surface area contributed by atoms with Gasteiger partial charge in [0, 0.05) is 47.6 Å². The summed E-state index contributed by atoms with van der Waals surface area (Å²) >= 11 is 0. The largest absolute Gasteiger partial charge is 0.507 e. The zero-order valence-electron chi connectivity index (χ0n) is 25.2. The summed E-state index contributed by atoms with van der Waals surface area (Å²) in [4.78, 5) is 26.6. The van der Waals surface area contributed by atoms with Gasteiger partial charge in [-0.15, -0.1) is 0 Å². The van der Waals surface area contributed by atoms with E-state index in [9.17, 15) is 30.0 Å². The van der Waals surface area contributed by atoms with Gasteiger partial charge in [-0.1, -0.05) is 42.5 Å². The highest BCUT2D eigenvalue weighted by atomic mass is 16.7. The zero-order valence-corrected chi connectivity index (χ0v) is 25.2. The van der Waals surface area contributed by atoms with Gasteiger partial charge in [-0.05, 0) is 25.5 Å². The van der Waals surface area contributed by atoms with Crippen molar-refractivity contribution in [1.29, 1.82) is 0 Å². The minimum atomic E-state index is -1.97. The summed E-state index contributed by atoms with van der Waals surface area (Å²) in [6.07, 6.45) is -5.03. The third-order valence-corrected chi connectivity index (χ3v) is 9.21. The van der Waals surface area contributed by atoms with Crippen molar-refractivity contribution in [1.82, 2.24) is 0 Å². The maximum Gasteiger partial charge on any atom is 0.201 e. The Kier molecular flexibility index (Phi) is 8.19. The number of fused-ring (bicyclic) bond motifs is 3. The van der Waals surface area contributed by atoms with Crippen molar-refractivity contribution in [2.24, 2.45) is 5.73 Å². The van der Waals surface area contributed by atoms with Gasteiger partial charge >= 0.3 is 0 Å². The van der Waals surface area contributed by atoms with Gasteiger partial charge in [0.1, 0.15) is 29.0 Å². The number of Topliss-reactive ketones (excluding diaryl/α,β-unsaturated/α-hetero) is 1. The van der Waals surface area contributed by atoms with Crippen molar-refractivity contribution < 1.29 is 49.0 Å². The third kappa shape index (κ3) is 5.29. The number of benzene rings is 3. The molecular formula is C34H37NO10. The number of aromatic hydroxyl groups is 2. The minimum Gasteiger partial charge on any atom is -0.507 e. The van der Waals surface area contributed by atoms with Crippen molar-refractivity contribution in [2.45, 2.75) is 82.1 Å². The van der Waals surface area contributed by atoms with Gasteiger partial charge in [0.05, 0.1) is 43.2 Å². The van der Waals surface area contributed by atoms with Crippen molar-refractivity contribution >= 4 is 11.6 Å². The van der Waals surface area contributed by atoms with E-state index < -0.39 is 65.4 Å². The smallest absolute Gasteiger partial charge is 0.201 e. The lowest BCUT2D eigenvalue weighted by Gasteiger charge is -2.43. The summed E-state index contributed by atoms with van der Waals surface area (Å²) in [6, 6.07) is 13.8. The minimum absolute atomic E-state index is 0.00405. The van der Waals surface area contributed by atoms with Crippen molar-refractivity contribution in [2.75, 3.05) is 7.11 Å². The Balaban J connectivity index is 1.35. The molecule has 1 fully saturated rings. The van der Waals surface area contributed by atoms with Gasteiger partial charge in [0.15, 0.2) is 12.1 Å². The van der Waals surface area contributed by atoms with Gasteiger partial charge in [0.2, 0.25) is 5.78 Å². The molecule has 0 aromatic heterocycles. The Labute approximate surface area is 260 Å². The first-order valence-electron chi connectivity index (χ1n) is 14.9. The number of carbonyl (C=O) groups is 2. The molecule has 11 nitrogen and oxygen atoms in total. The standard InChI is InChI=1S/C34H37NO10/c1-16-33(43-15-18-8-5-4-6-9-18)21(35)12-24(44-16)45-23-14-34(41,17(2)36)13-20-26(23)32(40)28-27(30(20)38)29(37)19-10-7-11-22(42-3)25(19)31(28)39/h4-11,16,21,23-24,29,33,37-38,40-41H,12-15,35H2,1-3H3. The van der Waals surface area contributed by atoms with Crippen LogP contribution < -0.4 is 10.5 Å². The molecule has 238 valence electrons. The summed E-state index contributed by atoms with van der Waals surface area (Å²) in [5.74, 6) is -2.07. The number of aliphatic hydroxyl groups excluding tert-OH is 1. The van der Waals surface area contributed by atoms with Gasteiger partial charge in [-0.3, -0.25) is 9.59 Å². The number of rotatable bonds is 7. The number of hydrogen-bond donors (Lipinski definition) is 5. The highest BCUT2D eigenvalue weighted by Gasteiger charge is 2.49. The number of ketones is 2. The molecule has 1 aliphatic heterocycles. The maximum atomic E-state index is 13.8. The Morgan fingerprint density at radius 2 is 1.80 bits per heavy atom. The summed E-state index contributed by atoms with van der Waals surface area (Å²) in [5, 5.41) is 46.0. The van der Waals surface area contributed by atoms with Crippen LogP contribution in [0.25, 0.3) is 0 Å². The van der Waals surface area contributed by atoms with Crippen LogP contribution in [-0.2, 0) is 32.0 Å². The highest BCUT2D eigenvalue weighted by molar-refractivity contribution is 6.16. The van der Waals surface area contributed by atoms with E-state index in [0.29, 0.717) is 6.61 Å². The lowest BCUT2D eigenvalue weighted by Crippen LogP contribution is -2.53. The fraction of sp³-hybridized carbons (Fsp3) is 0.412. The average molecular weight is 620 g/mol. The Hall–Kier alpha value is -3.84. The summed E-state index contributed by atoms with van der Waals surface area (Å²) in [7, 11) is 1.38. The topological polar surface area (TPSA) is 178 Å². The molecule has 3 aliphatic rings. The fourth-order valence-corrected chi connectivity index (χ4v) is 6.84. The molecule has 1 saturated heterocycles. The molecular weight excluding hydrogens is 582 g/mol. The fourth-order valence-electron chi connectivity index (χ4n) is 6.84. The molecule has 45 heavy (non-hydrogen) atoms. The summed E-state index contributed by atoms with van der Waals surface area (Å²) < 4.78 is 23.9. The van der Waals surface area contributed by atoms with Crippen LogP contribution >= 0.6 is 0 Å². The van der Waals surface area contributed by atoms with Crippen LogP contribution in [0.2, 0.25) is 0 Å². The monoisotopic (exact) mass is 619 g/mol. The number of methoxy groups -OCH3 is 1. The Bertz CT molecular complexity index is 1630. The molecule has 2 aliphatic carbocycles. The van der Waals surface area contributed by atoms with E-state index in [0.717, 1.165) is 5.56 Å². The molecule has 0 saturated carbocycles. The first-order valence-corrected chi connectivity index (χ1v) is 14.9. The average Bonchev–Trinajstić information content (AvgIpc) is 3.01. The van der Waals surface area contributed by atoms with Crippen LogP contribution in [0, 0.1) is 0 Å². The van der Waals surface area contributed by atoms with Gasteiger partial charge in [-0.25, -0.2) is 0 Å². The molecule has 0 radical (unpaired) electrons. The number of ether oxygens (including phenoxy) is 4. The van der Waals surface area contributed by atoms with E-state index in [1.807, 2.05) is 30.3 Å². The number of hydrogen-bond acceptors (Lipinski definition) is 11. The first kappa shape index (κ1) is 31.2. The number of aliphatic hydroxyl groups is 2. The SMILES string of the molecule is COc1cccc2c1C(=O)c1c(O)c3c(c(O)c1C2O)CC(O)(C(C)=O)CC3OC1CC(N)C(OCc2ccccc2)C(C)O1. The van der Waals surface area contributed by atoms with E-state index in [2.05, 4.69) is 0 Å². The first-order chi connectivity index (χ1) is 21.4. The molecule has 6 rings (SSSR count). The van der Waals surface area contributed by atoms with E-state index in [1.54, 1.807) is 19.1 Å². The van der Waals surface area contributed by atoms with Gasteiger partial charge in [-0.2, -0.15) is 0 Å². The molecule has 7 atom stereocenters. The Morgan fingerprint density at radius 3 is 2.47 bits per heavy atom. The zero-order chi connectivity index (χ0) is 32.2. The van der Waals surface area contributed by atoms with Crippen LogP contribution in [0.5, 0.6) is 17.2 Å². The molecule has 0 spiro atoms. The van der Waals surface area contributed by atoms with Gasteiger partial charge < -0.3 is 45.1 Å². The quantitative estimate of drug-likeness (QED) is 0.246. The van der Waals surface area contributed by atoms with Crippen LogP contribution in [0.4, 0.5) is 0 Å². The second kappa shape index (κ2) is 11.8. The molecule has 11 heteroatoms. The molecule has 7 unspecified atom stereocenters. The maximum absolute atomic E-state index is 13.8. The van der Waals surface area contributed by atoms with E-state index >= 15 is 0 Å². The molecule has 6 N–H and O–H groups in total. The Morgan fingerprint density at radius 1 is 1.07 bits per heavy atom. The van der Waals surface area contributed by atoms with Crippen molar-refractivity contribution in [3.63, 3.8) is 0 Å². The molecule has 0 bridgehead atoms. The van der Waals surface area contributed by atoms with Crippen LogP contribution in [0.15, 0.2) is 48.5 Å². The van der Waals surface area contributed by atoms with Crippen LogP contribution in [0.1, 0.15) is 82.6 Å². The summed E-state index contributed by atoms with van der Waals surface area (Å²) in [6.45, 7) is 3.37. The molecule has 3 aromatic carbocycles. The van der Waals surface area contributed by atoms with E-state index in [1.165, 1.54) is 20.1 Å². The number of phenolic OH excluding ortho intramolecular Hbond substituents is 2. The third-order valence-electron chi connectivity index (χ3n) is 9.21. The van der Waals surface area contributed by atoms with E-state index in [-0.39, 0.29) is 58.4 Å². The second-order valence-corrected chi connectivity index (χ2v) is 12.1. The van der Waals surface area contributed by atoms with Crippen LogP contribution in [0.3, 0.4) is 0 Å². The van der Waals surface area contributed by atoms with Gasteiger partial charge in [0.25, 0.3) is 0 Å². The molecule has 3 aromatic rings. The molecule has 1 heterocycles. The predicted molar refractivity (Wildman–Crippen MR) is 160 cm³/mol. The van der Waals surface area contributed by atoms with Crippen molar-refractivity contribution in [3.05, 3.63) is 87.5 Å². The lowest BCUT2D eigenvalue weighted by atomic mass is 9.71. The number of nitrogens with two attached hydrogens (primary N) is 1. The van der Waals surface area contributed by atoms with Crippen molar-refractivity contribution in [3.8, 4) is 17.2 Å². The summed E-state index contributed by atoms with van der Waals surface area (Å²) in [5.41, 5.74) is 5.28. The van der Waals surface area contributed by atoms with Crippen LogP contribution in [-0.4, -0.2) is 69.2 Å². The second-order valence-electron chi connectivity index (χ2n) is 12.1. The lowest BCUT2D eigenvalue weighted by molar-refractivity contribution is -0.254. The predicted octanol–water partition coefficient (Wildman–Crippen LogP) is 3.10. The normalized spacial score (nSPS) is 29.0. The highest BCUT2D eigenvalue weighted by Crippen LogP contribution is 2.54. The number of phenols is 2.